The molecule has 70 valence electrons. The highest BCUT2D eigenvalue weighted by Gasteiger charge is 2.00. The molecule has 1 aromatic heterocycles. The van der Waals surface area contributed by atoms with Gasteiger partial charge >= 0.3 is 0 Å². The van der Waals surface area contributed by atoms with Gasteiger partial charge in [-0.15, -0.1) is 12.3 Å². The van der Waals surface area contributed by atoms with Crippen LogP contribution in [0.25, 0.3) is 10.9 Å². The third kappa shape index (κ3) is 1.60. The van der Waals surface area contributed by atoms with Crippen molar-refractivity contribution in [3.63, 3.8) is 0 Å². The highest BCUT2D eigenvalue weighted by atomic mass is 19.1. The fourth-order valence-electron chi connectivity index (χ4n) is 1.33. The second-order valence-electron chi connectivity index (χ2n) is 3.05. The lowest BCUT2D eigenvalue weighted by molar-refractivity contribution is 0.625. The molecule has 0 N–H and O–H groups in total. The van der Waals surface area contributed by atoms with Crippen molar-refractivity contribution in [3.8, 4) is 12.3 Å². The number of fused-ring (bicyclic) bond motifs is 1. The maximum atomic E-state index is 12.8. The first kappa shape index (κ1) is 8.76. The van der Waals surface area contributed by atoms with Crippen LogP contribution in [0.1, 0.15) is 6.42 Å². The number of hydrogen-bond donors (Lipinski definition) is 0. The molecule has 0 amide bonds. The van der Waals surface area contributed by atoms with E-state index in [1.54, 1.807) is 10.7 Å². The van der Waals surface area contributed by atoms with Crippen molar-refractivity contribution in [1.29, 1.82) is 0 Å². The molecule has 0 aliphatic rings. The summed E-state index contributed by atoms with van der Waals surface area (Å²) in [6.45, 7) is 0.673. The third-order valence-corrected chi connectivity index (χ3v) is 2.00. The number of halogens is 1. The maximum absolute atomic E-state index is 12.8. The molecule has 0 bridgehead atoms. The van der Waals surface area contributed by atoms with E-state index in [0.29, 0.717) is 18.5 Å². The molecule has 0 unspecified atom stereocenters. The lowest BCUT2D eigenvalue weighted by Gasteiger charge is -1.93. The van der Waals surface area contributed by atoms with Crippen LogP contribution in [0.4, 0.5) is 4.39 Å². The summed E-state index contributed by atoms with van der Waals surface area (Å²) in [4.78, 5) is 0. The molecular weight excluding hydrogens is 179 g/mol. The standard InChI is InChI=1S/C11H9FN2/c1-2-3-6-14-8-9-4-5-10(12)7-11(9)13-14/h1,4-5,7-8H,3,6H2. The molecule has 14 heavy (non-hydrogen) atoms. The monoisotopic (exact) mass is 188 g/mol. The number of hydrogen-bond acceptors (Lipinski definition) is 1. The Morgan fingerprint density at radius 2 is 2.36 bits per heavy atom. The van der Waals surface area contributed by atoms with Gasteiger partial charge < -0.3 is 0 Å². The van der Waals surface area contributed by atoms with Gasteiger partial charge in [0.1, 0.15) is 5.82 Å². The second kappa shape index (κ2) is 3.51. The van der Waals surface area contributed by atoms with Gasteiger partial charge in [0.15, 0.2) is 0 Å². The molecule has 0 spiro atoms. The number of benzene rings is 1. The van der Waals surface area contributed by atoms with Gasteiger partial charge in [-0.1, -0.05) is 0 Å². The minimum Gasteiger partial charge on any atom is -0.271 e. The second-order valence-corrected chi connectivity index (χ2v) is 3.05. The highest BCUT2D eigenvalue weighted by molar-refractivity contribution is 5.77. The SMILES string of the molecule is C#CCCn1cc2ccc(F)cc2n1. The maximum Gasteiger partial charge on any atom is 0.125 e. The molecule has 0 fully saturated rings. The Hall–Kier alpha value is -1.82. The number of aryl methyl sites for hydroxylation is 1. The van der Waals surface area contributed by atoms with Crippen molar-refractivity contribution in [2.24, 2.45) is 0 Å². The molecule has 0 aliphatic carbocycles. The molecule has 1 heterocycles. The van der Waals surface area contributed by atoms with Crippen LogP contribution in [0.2, 0.25) is 0 Å². The average Bonchev–Trinajstić information content (AvgIpc) is 2.56. The van der Waals surface area contributed by atoms with Gasteiger partial charge in [0.2, 0.25) is 0 Å². The molecule has 2 nitrogen and oxygen atoms in total. The molecule has 0 saturated heterocycles. The molecule has 0 saturated carbocycles. The van der Waals surface area contributed by atoms with E-state index in [1.165, 1.54) is 12.1 Å². The van der Waals surface area contributed by atoms with Gasteiger partial charge in [-0.05, 0) is 12.1 Å². The summed E-state index contributed by atoms with van der Waals surface area (Å²) in [7, 11) is 0. The van der Waals surface area contributed by atoms with Crippen LogP contribution in [-0.4, -0.2) is 9.78 Å². The van der Waals surface area contributed by atoms with Gasteiger partial charge in [0.25, 0.3) is 0 Å². The van der Waals surface area contributed by atoms with Crippen molar-refractivity contribution in [2.45, 2.75) is 13.0 Å². The number of rotatable bonds is 2. The van der Waals surface area contributed by atoms with Gasteiger partial charge in [0, 0.05) is 24.1 Å². The van der Waals surface area contributed by atoms with Crippen molar-refractivity contribution in [2.75, 3.05) is 0 Å². The van der Waals surface area contributed by atoms with E-state index in [-0.39, 0.29) is 5.82 Å². The summed E-state index contributed by atoms with van der Waals surface area (Å²) in [5.74, 6) is 2.27. The zero-order valence-corrected chi connectivity index (χ0v) is 7.57. The van der Waals surface area contributed by atoms with E-state index in [1.807, 2.05) is 6.20 Å². The Kier molecular flexibility index (Phi) is 2.19. The summed E-state index contributed by atoms with van der Waals surface area (Å²) in [6, 6.07) is 4.56. The molecule has 1 aromatic carbocycles. The van der Waals surface area contributed by atoms with Crippen molar-refractivity contribution in [1.82, 2.24) is 9.78 Å². The fourth-order valence-corrected chi connectivity index (χ4v) is 1.33. The largest absolute Gasteiger partial charge is 0.271 e. The Morgan fingerprint density at radius 3 is 3.14 bits per heavy atom. The van der Waals surface area contributed by atoms with Crippen LogP contribution in [0.15, 0.2) is 24.4 Å². The third-order valence-electron chi connectivity index (χ3n) is 2.00. The molecule has 0 aliphatic heterocycles. The zero-order valence-electron chi connectivity index (χ0n) is 7.57. The lowest BCUT2D eigenvalue weighted by atomic mass is 10.2. The topological polar surface area (TPSA) is 17.8 Å². The first-order valence-corrected chi connectivity index (χ1v) is 4.36. The summed E-state index contributed by atoms with van der Waals surface area (Å²) < 4.78 is 14.6. The van der Waals surface area contributed by atoms with Crippen molar-refractivity contribution >= 4 is 10.9 Å². The predicted molar refractivity (Wildman–Crippen MR) is 53.1 cm³/mol. The van der Waals surface area contributed by atoms with Gasteiger partial charge in [-0.2, -0.15) is 5.10 Å². The van der Waals surface area contributed by atoms with E-state index in [4.69, 9.17) is 6.42 Å². The van der Waals surface area contributed by atoms with E-state index in [0.717, 1.165) is 5.39 Å². The van der Waals surface area contributed by atoms with Gasteiger partial charge in [0.05, 0.1) is 12.1 Å². The predicted octanol–water partition coefficient (Wildman–Crippen LogP) is 2.20. The zero-order chi connectivity index (χ0) is 9.97. The van der Waals surface area contributed by atoms with Crippen LogP contribution in [0, 0.1) is 18.2 Å². The van der Waals surface area contributed by atoms with Crippen LogP contribution in [0.5, 0.6) is 0 Å². The van der Waals surface area contributed by atoms with Gasteiger partial charge in [-0.25, -0.2) is 4.39 Å². The minimum absolute atomic E-state index is 0.264. The molecule has 3 heteroatoms. The average molecular weight is 188 g/mol. The van der Waals surface area contributed by atoms with Crippen LogP contribution in [0.3, 0.4) is 0 Å². The highest BCUT2D eigenvalue weighted by Crippen LogP contribution is 2.13. The molecule has 2 rings (SSSR count). The number of terminal acetylenes is 1. The first-order chi connectivity index (χ1) is 6.79. The quantitative estimate of drug-likeness (QED) is 0.660. The van der Waals surface area contributed by atoms with Gasteiger partial charge in [-0.3, -0.25) is 4.68 Å². The number of nitrogens with zero attached hydrogens (tertiary/aromatic N) is 2. The number of aromatic nitrogens is 2. The molecular formula is C11H9FN2. The molecule has 2 aromatic rings. The summed E-state index contributed by atoms with van der Waals surface area (Å²) in [5.41, 5.74) is 0.669. The summed E-state index contributed by atoms with van der Waals surface area (Å²) >= 11 is 0. The van der Waals surface area contributed by atoms with Crippen molar-refractivity contribution in [3.05, 3.63) is 30.2 Å². The first-order valence-electron chi connectivity index (χ1n) is 4.36. The Bertz CT molecular complexity index is 493. The van der Waals surface area contributed by atoms with E-state index in [9.17, 15) is 4.39 Å². The minimum atomic E-state index is -0.264. The Labute approximate surface area is 81.3 Å². The molecule has 0 atom stereocenters. The lowest BCUT2D eigenvalue weighted by Crippen LogP contribution is -1.96. The van der Waals surface area contributed by atoms with Crippen LogP contribution in [-0.2, 0) is 6.54 Å². The normalized spacial score (nSPS) is 10.3. The van der Waals surface area contributed by atoms with Crippen LogP contribution < -0.4 is 0 Å². The molecule has 0 radical (unpaired) electrons. The fraction of sp³-hybridized carbons (Fsp3) is 0.182. The van der Waals surface area contributed by atoms with E-state index in [2.05, 4.69) is 11.0 Å². The Morgan fingerprint density at radius 1 is 1.50 bits per heavy atom. The van der Waals surface area contributed by atoms with E-state index >= 15 is 0 Å². The summed E-state index contributed by atoms with van der Waals surface area (Å²) in [5, 5.41) is 5.13. The van der Waals surface area contributed by atoms with E-state index < -0.39 is 0 Å². The smallest absolute Gasteiger partial charge is 0.125 e. The van der Waals surface area contributed by atoms with Crippen LogP contribution >= 0.6 is 0 Å². The Balaban J connectivity index is 2.37. The van der Waals surface area contributed by atoms with Crippen molar-refractivity contribution < 1.29 is 4.39 Å². The summed E-state index contributed by atoms with van der Waals surface area (Å²) in [6.07, 6.45) is 7.65.